The molecule has 0 saturated carbocycles. The van der Waals surface area contributed by atoms with Crippen LogP contribution < -0.4 is 0 Å². The Hall–Kier alpha value is -2.61. The minimum atomic E-state index is 0.269. The van der Waals surface area contributed by atoms with Crippen LogP contribution in [-0.2, 0) is 17.8 Å². The van der Waals surface area contributed by atoms with E-state index in [1.807, 2.05) is 41.3 Å². The van der Waals surface area contributed by atoms with Crippen molar-refractivity contribution in [3.8, 4) is 10.6 Å². The van der Waals surface area contributed by atoms with Crippen molar-refractivity contribution in [2.24, 2.45) is 0 Å². The lowest BCUT2D eigenvalue weighted by molar-refractivity contribution is -0.133. The first kappa shape index (κ1) is 21.2. The number of aryl methyl sites for hydroxylation is 1. The molecule has 32 heavy (non-hydrogen) atoms. The zero-order valence-electron chi connectivity index (χ0n) is 17.9. The van der Waals surface area contributed by atoms with E-state index in [1.54, 1.807) is 22.7 Å². The molecule has 3 heterocycles. The van der Waals surface area contributed by atoms with Crippen LogP contribution in [0.3, 0.4) is 0 Å². The summed E-state index contributed by atoms with van der Waals surface area (Å²) in [5.74, 6) is 0.269. The predicted octanol–water partition coefficient (Wildman–Crippen LogP) is 5.09. The van der Waals surface area contributed by atoms with Gasteiger partial charge in [-0.05, 0) is 25.0 Å². The number of benzene rings is 2. The second-order valence-electron chi connectivity index (χ2n) is 8.10. The Bertz CT molecular complexity index is 1150. The van der Waals surface area contributed by atoms with Crippen molar-refractivity contribution >= 4 is 38.8 Å². The Kier molecular flexibility index (Phi) is 6.57. The average molecular weight is 463 g/mol. The summed E-state index contributed by atoms with van der Waals surface area (Å²) in [5, 5.41) is 4.35. The lowest BCUT2D eigenvalue weighted by Crippen LogP contribution is -2.48. The first-order chi connectivity index (χ1) is 15.7. The fourth-order valence-corrected chi connectivity index (χ4v) is 5.88. The van der Waals surface area contributed by atoms with Gasteiger partial charge in [-0.1, -0.05) is 42.5 Å². The maximum atomic E-state index is 12.7. The van der Waals surface area contributed by atoms with Gasteiger partial charge in [0.1, 0.15) is 5.01 Å². The molecule has 164 valence electrons. The normalized spacial score (nSPS) is 14.8. The molecule has 1 saturated heterocycles. The van der Waals surface area contributed by atoms with E-state index in [4.69, 9.17) is 4.98 Å². The number of aromatic nitrogens is 2. The molecule has 0 N–H and O–H groups in total. The van der Waals surface area contributed by atoms with Crippen molar-refractivity contribution in [1.29, 1.82) is 0 Å². The topological polar surface area (TPSA) is 49.3 Å². The van der Waals surface area contributed by atoms with E-state index in [0.29, 0.717) is 6.42 Å². The zero-order valence-corrected chi connectivity index (χ0v) is 19.6. The third-order valence-electron chi connectivity index (χ3n) is 5.80. The number of carbonyl (C=O) groups is 1. The van der Waals surface area contributed by atoms with Gasteiger partial charge in [-0.3, -0.25) is 9.69 Å². The summed E-state index contributed by atoms with van der Waals surface area (Å²) in [6.07, 6.45) is 2.33. The summed E-state index contributed by atoms with van der Waals surface area (Å²) in [7, 11) is 0. The molecule has 2 aromatic heterocycles. The molecule has 0 unspecified atom stereocenters. The Morgan fingerprint density at radius 1 is 0.938 bits per heavy atom. The highest BCUT2D eigenvalue weighted by atomic mass is 32.1. The van der Waals surface area contributed by atoms with Crippen molar-refractivity contribution in [2.45, 2.75) is 25.8 Å². The van der Waals surface area contributed by atoms with Crippen molar-refractivity contribution in [3.63, 3.8) is 0 Å². The molecule has 0 aliphatic carbocycles. The van der Waals surface area contributed by atoms with Crippen molar-refractivity contribution in [2.75, 3.05) is 26.2 Å². The summed E-state index contributed by atoms with van der Waals surface area (Å²) in [5.41, 5.74) is 3.35. The van der Waals surface area contributed by atoms with Crippen LogP contribution in [-0.4, -0.2) is 51.9 Å². The Labute approximate surface area is 196 Å². The predicted molar refractivity (Wildman–Crippen MR) is 132 cm³/mol. The SMILES string of the molecule is O=C(CCCc1nc2ccccc2s1)N1CCN(Cc2csc(-c3ccccc3)n2)CC1. The summed E-state index contributed by atoms with van der Waals surface area (Å²) >= 11 is 3.44. The number of carbonyl (C=O) groups excluding carboxylic acids is 1. The molecule has 2 aromatic carbocycles. The number of nitrogens with zero attached hydrogens (tertiary/aromatic N) is 4. The molecule has 5 nitrogen and oxygen atoms in total. The quantitative estimate of drug-likeness (QED) is 0.384. The van der Waals surface area contributed by atoms with E-state index in [9.17, 15) is 4.79 Å². The highest BCUT2D eigenvalue weighted by Crippen LogP contribution is 2.25. The highest BCUT2D eigenvalue weighted by molar-refractivity contribution is 7.18. The van der Waals surface area contributed by atoms with Crippen LogP contribution in [0.25, 0.3) is 20.8 Å². The molecule has 5 rings (SSSR count). The molecule has 4 aromatic rings. The van der Waals surface area contributed by atoms with Gasteiger partial charge in [0.15, 0.2) is 0 Å². The van der Waals surface area contributed by atoms with Crippen molar-refractivity contribution < 1.29 is 4.79 Å². The molecule has 1 amide bonds. The van der Waals surface area contributed by atoms with Gasteiger partial charge in [-0.25, -0.2) is 9.97 Å². The van der Waals surface area contributed by atoms with Crippen LogP contribution in [0.5, 0.6) is 0 Å². The average Bonchev–Trinajstić information content (AvgIpc) is 3.47. The van der Waals surface area contributed by atoms with Crippen LogP contribution in [0.15, 0.2) is 60.0 Å². The van der Waals surface area contributed by atoms with Gasteiger partial charge in [-0.15, -0.1) is 22.7 Å². The Morgan fingerprint density at radius 2 is 1.72 bits per heavy atom. The van der Waals surface area contributed by atoms with Gasteiger partial charge >= 0.3 is 0 Å². The van der Waals surface area contributed by atoms with Crippen molar-refractivity contribution in [1.82, 2.24) is 19.8 Å². The minimum absolute atomic E-state index is 0.269. The largest absolute Gasteiger partial charge is 0.340 e. The molecule has 0 bridgehead atoms. The molecule has 0 radical (unpaired) electrons. The van der Waals surface area contributed by atoms with Gasteiger partial charge in [0.2, 0.25) is 5.91 Å². The summed E-state index contributed by atoms with van der Waals surface area (Å²) < 4.78 is 1.22. The second-order valence-corrected chi connectivity index (χ2v) is 10.1. The van der Waals surface area contributed by atoms with Gasteiger partial charge in [0.25, 0.3) is 0 Å². The molecule has 0 spiro atoms. The lowest BCUT2D eigenvalue weighted by atomic mass is 10.2. The fourth-order valence-electron chi connectivity index (χ4n) is 4.05. The molecule has 1 fully saturated rings. The van der Waals surface area contributed by atoms with E-state index < -0.39 is 0 Å². The van der Waals surface area contributed by atoms with Crippen LogP contribution in [0.1, 0.15) is 23.5 Å². The Morgan fingerprint density at radius 3 is 2.53 bits per heavy atom. The van der Waals surface area contributed by atoms with E-state index in [-0.39, 0.29) is 5.91 Å². The van der Waals surface area contributed by atoms with Gasteiger partial charge in [0.05, 0.1) is 20.9 Å². The van der Waals surface area contributed by atoms with Crippen LogP contribution in [0.4, 0.5) is 0 Å². The van der Waals surface area contributed by atoms with Gasteiger partial charge in [0, 0.05) is 50.1 Å². The molecular weight excluding hydrogens is 436 g/mol. The molecule has 1 aliphatic rings. The van der Waals surface area contributed by atoms with Gasteiger partial charge < -0.3 is 4.90 Å². The number of thiazole rings is 2. The standard InChI is InChI=1S/C25H26N4OS2/c30-24(12-6-11-23-27-21-9-4-5-10-22(21)32-23)29-15-13-28(14-16-29)17-20-18-31-25(26-20)19-7-2-1-3-8-19/h1-5,7-10,18H,6,11-17H2. The maximum Gasteiger partial charge on any atom is 0.222 e. The summed E-state index contributed by atoms with van der Waals surface area (Å²) in [4.78, 5) is 26.6. The number of piperazine rings is 1. The third kappa shape index (κ3) is 5.06. The number of rotatable bonds is 7. The minimum Gasteiger partial charge on any atom is -0.340 e. The molecule has 0 atom stereocenters. The number of amides is 1. The smallest absolute Gasteiger partial charge is 0.222 e. The van der Waals surface area contributed by atoms with E-state index in [0.717, 1.165) is 66.8 Å². The lowest BCUT2D eigenvalue weighted by Gasteiger charge is -2.34. The summed E-state index contributed by atoms with van der Waals surface area (Å²) in [6.45, 7) is 4.26. The highest BCUT2D eigenvalue weighted by Gasteiger charge is 2.21. The fraction of sp³-hybridized carbons (Fsp3) is 0.320. The maximum absolute atomic E-state index is 12.7. The first-order valence-electron chi connectivity index (χ1n) is 11.1. The molecular formula is C25H26N4OS2. The zero-order chi connectivity index (χ0) is 21.8. The second kappa shape index (κ2) is 9.90. The summed E-state index contributed by atoms with van der Waals surface area (Å²) in [6, 6.07) is 18.5. The molecule has 7 heteroatoms. The number of para-hydroxylation sites is 1. The Balaban J connectivity index is 1.06. The van der Waals surface area contributed by atoms with E-state index in [2.05, 4.69) is 33.5 Å². The van der Waals surface area contributed by atoms with Crippen LogP contribution in [0.2, 0.25) is 0 Å². The third-order valence-corrected chi connectivity index (χ3v) is 7.84. The first-order valence-corrected chi connectivity index (χ1v) is 12.8. The van der Waals surface area contributed by atoms with Gasteiger partial charge in [-0.2, -0.15) is 0 Å². The van der Waals surface area contributed by atoms with Crippen LogP contribution >= 0.6 is 22.7 Å². The monoisotopic (exact) mass is 462 g/mol. The number of hydrogen-bond donors (Lipinski definition) is 0. The van der Waals surface area contributed by atoms with Crippen LogP contribution in [0, 0.1) is 0 Å². The van der Waals surface area contributed by atoms with E-state index in [1.165, 1.54) is 10.3 Å². The van der Waals surface area contributed by atoms with E-state index >= 15 is 0 Å². The van der Waals surface area contributed by atoms with Crippen molar-refractivity contribution in [3.05, 3.63) is 70.7 Å². The molecule has 1 aliphatic heterocycles. The number of hydrogen-bond acceptors (Lipinski definition) is 6. The number of fused-ring (bicyclic) bond motifs is 1.